The van der Waals surface area contributed by atoms with Crippen molar-refractivity contribution in [2.75, 3.05) is 9.80 Å². The summed E-state index contributed by atoms with van der Waals surface area (Å²) in [6, 6.07) is 72.2. The summed E-state index contributed by atoms with van der Waals surface area (Å²) in [6.45, 7) is 30.4. The number of rotatable bonds is 10. The SMILES string of the molecule is [C-]#[N+]c1ccc(N(c2ccc(C(C)(C)C)cc2)c2ccc3c(c2)C(C)(C)c2cc(C=Cc4ccc(C=Cc5ccc6c(c5)C(C)(C)c5cc(N(c7ccc(C#N)cc7)c7ccc(C(C)(C)C)cc7)ccc5-6)cc4)ccc2-3)cc1. The molecule has 382 valence electrons. The van der Waals surface area contributed by atoms with Gasteiger partial charge >= 0.3 is 0 Å². The molecule has 0 aliphatic heterocycles. The van der Waals surface area contributed by atoms with Crippen LogP contribution in [0.25, 0.3) is 51.4 Å². The van der Waals surface area contributed by atoms with Crippen molar-refractivity contribution in [2.24, 2.45) is 0 Å². The van der Waals surface area contributed by atoms with Crippen molar-refractivity contribution in [1.29, 1.82) is 5.26 Å². The molecular formula is C74H66N4. The summed E-state index contributed by atoms with van der Waals surface area (Å²) in [6.07, 6.45) is 8.88. The summed E-state index contributed by atoms with van der Waals surface area (Å²) in [7, 11) is 0. The number of nitrogens with zero attached hydrogens (tertiary/aromatic N) is 4. The van der Waals surface area contributed by atoms with Crippen LogP contribution in [0.3, 0.4) is 0 Å². The number of anilines is 6. The molecule has 0 N–H and O–H groups in total. The highest BCUT2D eigenvalue weighted by Gasteiger charge is 2.38. The Bertz CT molecular complexity index is 3640. The molecular weight excluding hydrogens is 945 g/mol. The molecule has 11 rings (SSSR count). The van der Waals surface area contributed by atoms with Crippen LogP contribution in [0.2, 0.25) is 0 Å². The first kappa shape index (κ1) is 51.2. The van der Waals surface area contributed by atoms with E-state index in [2.05, 4.69) is 272 Å². The van der Waals surface area contributed by atoms with E-state index in [1.54, 1.807) is 0 Å². The third kappa shape index (κ3) is 9.54. The van der Waals surface area contributed by atoms with E-state index < -0.39 is 0 Å². The van der Waals surface area contributed by atoms with Crippen LogP contribution in [0.15, 0.2) is 194 Å². The lowest BCUT2D eigenvalue weighted by Crippen LogP contribution is -2.17. The Labute approximate surface area is 462 Å². The lowest BCUT2D eigenvalue weighted by Gasteiger charge is -2.29. The van der Waals surface area contributed by atoms with E-state index in [9.17, 15) is 5.26 Å². The minimum atomic E-state index is -0.219. The second-order valence-electron chi connectivity index (χ2n) is 24.2. The van der Waals surface area contributed by atoms with Crippen molar-refractivity contribution in [1.82, 2.24) is 0 Å². The van der Waals surface area contributed by atoms with E-state index in [4.69, 9.17) is 6.57 Å². The lowest BCUT2D eigenvalue weighted by molar-refractivity contribution is 0.590. The van der Waals surface area contributed by atoms with Crippen molar-refractivity contribution < 1.29 is 0 Å². The second-order valence-corrected chi connectivity index (χ2v) is 24.2. The maximum Gasteiger partial charge on any atom is 0.187 e. The van der Waals surface area contributed by atoms with Crippen LogP contribution < -0.4 is 9.80 Å². The van der Waals surface area contributed by atoms with Gasteiger partial charge in [-0.15, -0.1) is 0 Å². The van der Waals surface area contributed by atoms with E-state index >= 15 is 0 Å². The van der Waals surface area contributed by atoms with Gasteiger partial charge in [-0.3, -0.25) is 0 Å². The maximum atomic E-state index is 9.58. The van der Waals surface area contributed by atoms with Crippen molar-refractivity contribution >= 4 is 64.1 Å². The molecule has 4 heteroatoms. The Morgan fingerprint density at radius 1 is 0.385 bits per heavy atom. The molecule has 0 heterocycles. The van der Waals surface area contributed by atoms with Crippen LogP contribution in [0.5, 0.6) is 0 Å². The molecule has 0 bridgehead atoms. The van der Waals surface area contributed by atoms with Crippen molar-refractivity contribution in [2.45, 2.75) is 90.9 Å². The Hall–Kier alpha value is -8.96. The van der Waals surface area contributed by atoms with Gasteiger partial charge in [0.1, 0.15) is 0 Å². The maximum absolute atomic E-state index is 9.58. The van der Waals surface area contributed by atoms with Gasteiger partial charge in [0.05, 0.1) is 18.2 Å². The first-order valence-corrected chi connectivity index (χ1v) is 27.1. The van der Waals surface area contributed by atoms with E-state index in [1.165, 1.54) is 66.8 Å². The highest BCUT2D eigenvalue weighted by Crippen LogP contribution is 2.53. The summed E-state index contributed by atoms with van der Waals surface area (Å²) in [4.78, 5) is 8.26. The predicted molar refractivity (Wildman–Crippen MR) is 330 cm³/mol. The van der Waals surface area contributed by atoms with Gasteiger partial charge in [0.2, 0.25) is 0 Å². The van der Waals surface area contributed by atoms with Crippen LogP contribution in [-0.2, 0) is 21.7 Å². The third-order valence-corrected chi connectivity index (χ3v) is 16.2. The van der Waals surface area contributed by atoms with Crippen molar-refractivity contribution in [3.05, 3.63) is 267 Å². The molecule has 0 amide bonds. The molecule has 9 aromatic rings. The monoisotopic (exact) mass is 1010 g/mol. The minimum Gasteiger partial charge on any atom is -0.311 e. The number of benzene rings is 9. The van der Waals surface area contributed by atoms with Crippen LogP contribution in [0.4, 0.5) is 39.8 Å². The van der Waals surface area contributed by atoms with Crippen LogP contribution in [-0.4, -0.2) is 0 Å². The molecule has 0 saturated carbocycles. The van der Waals surface area contributed by atoms with Gasteiger partial charge < -0.3 is 9.80 Å². The van der Waals surface area contributed by atoms with Crippen LogP contribution in [0, 0.1) is 17.9 Å². The molecule has 0 spiro atoms. The lowest BCUT2D eigenvalue weighted by atomic mass is 9.81. The standard InChI is InChI=1S/C74H66N4/c1-71(2,3)54-24-32-58(33-25-54)77(57-30-20-53(48-75)21-31-57)61-38-42-65-63-40-22-51(44-67(63)73(7,8)69(65)46-61)18-16-49-12-14-50(15-13-49)17-19-52-23-41-64-66-43-39-62(47-70(66)74(9,10)68(64)45-52)78(60-36-28-56(76-11)29-37-60)59-34-26-55(27-35-59)72(4,5)6/h12-47H,1-10H3. The van der Waals surface area contributed by atoms with Gasteiger partial charge in [-0.25, -0.2) is 4.85 Å². The summed E-state index contributed by atoms with van der Waals surface area (Å²) >= 11 is 0. The summed E-state index contributed by atoms with van der Waals surface area (Å²) in [5.41, 5.74) is 24.9. The van der Waals surface area contributed by atoms with Crippen molar-refractivity contribution in [3.8, 4) is 28.3 Å². The molecule has 0 radical (unpaired) electrons. The smallest absolute Gasteiger partial charge is 0.187 e. The molecule has 4 nitrogen and oxygen atoms in total. The molecule has 78 heavy (non-hydrogen) atoms. The van der Waals surface area contributed by atoms with E-state index in [0.717, 1.165) is 45.3 Å². The molecule has 0 atom stereocenters. The first-order valence-electron chi connectivity index (χ1n) is 27.1. The number of nitriles is 1. The van der Waals surface area contributed by atoms with Gasteiger partial charge in [0.15, 0.2) is 5.69 Å². The summed E-state index contributed by atoms with van der Waals surface area (Å²) < 4.78 is 0. The van der Waals surface area contributed by atoms with Crippen molar-refractivity contribution in [3.63, 3.8) is 0 Å². The van der Waals surface area contributed by atoms with Crippen LogP contribution in [0.1, 0.15) is 130 Å². The summed E-state index contributed by atoms with van der Waals surface area (Å²) in [5.74, 6) is 0. The molecule has 9 aromatic carbocycles. The van der Waals surface area contributed by atoms with Gasteiger partial charge in [0, 0.05) is 45.0 Å². The van der Waals surface area contributed by atoms with Gasteiger partial charge in [-0.1, -0.05) is 203 Å². The molecule has 2 aliphatic rings. The Morgan fingerprint density at radius 3 is 1.03 bits per heavy atom. The van der Waals surface area contributed by atoms with E-state index in [1.807, 2.05) is 36.4 Å². The zero-order valence-electron chi connectivity index (χ0n) is 46.6. The Morgan fingerprint density at radius 2 is 0.679 bits per heavy atom. The molecule has 0 fully saturated rings. The van der Waals surface area contributed by atoms with E-state index in [0.29, 0.717) is 11.3 Å². The molecule has 0 aromatic heterocycles. The fraction of sp³-hybridized carbons (Fsp3) is 0.189. The minimum absolute atomic E-state index is 0.0486. The number of hydrogen-bond donors (Lipinski definition) is 0. The van der Waals surface area contributed by atoms with Crippen LogP contribution >= 0.6 is 0 Å². The summed E-state index contributed by atoms with van der Waals surface area (Å²) in [5, 5.41) is 9.58. The average molecular weight is 1010 g/mol. The predicted octanol–water partition coefficient (Wildman–Crippen LogP) is 20.6. The fourth-order valence-corrected chi connectivity index (χ4v) is 11.6. The molecule has 0 saturated heterocycles. The highest BCUT2D eigenvalue weighted by atomic mass is 15.1. The molecule has 0 unspecified atom stereocenters. The quantitative estimate of drug-likeness (QED) is 0.101. The van der Waals surface area contributed by atoms with E-state index in [-0.39, 0.29) is 21.7 Å². The first-order chi connectivity index (χ1) is 37.3. The highest BCUT2D eigenvalue weighted by molar-refractivity contribution is 5.89. The normalized spacial score (nSPS) is 13.8. The molecule has 2 aliphatic carbocycles. The zero-order valence-corrected chi connectivity index (χ0v) is 46.6. The topological polar surface area (TPSA) is 34.6 Å². The second kappa shape index (κ2) is 19.6. The third-order valence-electron chi connectivity index (χ3n) is 16.2. The zero-order chi connectivity index (χ0) is 54.7. The fourth-order valence-electron chi connectivity index (χ4n) is 11.6. The number of fused-ring (bicyclic) bond motifs is 6. The Kier molecular flexibility index (Phi) is 12.8. The van der Waals surface area contributed by atoms with Gasteiger partial charge in [-0.05, 0) is 174 Å². The Balaban J connectivity index is 0.798. The number of hydrogen-bond acceptors (Lipinski definition) is 3. The average Bonchev–Trinajstić information content (AvgIpc) is 3.89. The largest absolute Gasteiger partial charge is 0.311 e. The van der Waals surface area contributed by atoms with Gasteiger partial charge in [-0.2, -0.15) is 5.26 Å². The van der Waals surface area contributed by atoms with Gasteiger partial charge in [0.25, 0.3) is 0 Å².